The van der Waals surface area contributed by atoms with Crippen LogP contribution in [-0.4, -0.2) is 15.5 Å². The van der Waals surface area contributed by atoms with Gasteiger partial charge in [0.2, 0.25) is 0 Å². The summed E-state index contributed by atoms with van der Waals surface area (Å²) in [5.74, 6) is 0.363. The van der Waals surface area contributed by atoms with E-state index in [1.54, 1.807) is 6.07 Å². The summed E-state index contributed by atoms with van der Waals surface area (Å²) in [7, 11) is -1.86. The second-order valence-corrected chi connectivity index (χ2v) is 9.63. The molecular weight excluding hydrogens is 397 g/mol. The van der Waals surface area contributed by atoms with Crippen molar-refractivity contribution in [3.8, 4) is 0 Å². The largest absolute Gasteiger partial charge is 0.418 e. The van der Waals surface area contributed by atoms with Crippen LogP contribution in [0.4, 0.5) is 13.2 Å². The highest BCUT2D eigenvalue weighted by atomic mass is 32.2. The predicted molar refractivity (Wildman–Crippen MR) is 111 cm³/mol. The van der Waals surface area contributed by atoms with Gasteiger partial charge in [-0.15, -0.1) is 0 Å². The molecule has 0 bridgehead atoms. The molecule has 0 amide bonds. The Morgan fingerprint density at radius 3 is 1.72 bits per heavy atom. The number of hydrogen-bond acceptors (Lipinski definition) is 2. The number of rotatable bonds is 6. The summed E-state index contributed by atoms with van der Waals surface area (Å²) >= 11 is 0. The second kappa shape index (κ2) is 9.00. The molecule has 0 aliphatic carbocycles. The molecule has 2 rings (SSSR count). The van der Waals surface area contributed by atoms with Gasteiger partial charge in [-0.3, -0.25) is 0 Å². The van der Waals surface area contributed by atoms with Crippen molar-refractivity contribution in [1.29, 1.82) is 0 Å². The van der Waals surface area contributed by atoms with Crippen molar-refractivity contribution in [2.75, 3.05) is 0 Å². The molecular formula is C23H29F3O2S. The minimum absolute atomic E-state index is 0.00146. The summed E-state index contributed by atoms with van der Waals surface area (Å²) in [5.41, 5.74) is 2.49. The zero-order valence-corrected chi connectivity index (χ0v) is 18.5. The highest BCUT2D eigenvalue weighted by Crippen LogP contribution is 2.40. The van der Waals surface area contributed by atoms with Gasteiger partial charge in [-0.25, -0.2) is 4.21 Å². The molecule has 29 heavy (non-hydrogen) atoms. The van der Waals surface area contributed by atoms with E-state index < -0.39 is 23.1 Å². The Labute approximate surface area is 173 Å². The van der Waals surface area contributed by atoms with Crippen LogP contribution >= 0.6 is 0 Å². The van der Waals surface area contributed by atoms with E-state index in [1.807, 2.05) is 39.8 Å². The minimum Gasteiger partial charge on any atom is -0.379 e. The normalized spacial score (nSPS) is 14.7. The quantitative estimate of drug-likeness (QED) is 0.550. The van der Waals surface area contributed by atoms with Gasteiger partial charge in [0, 0.05) is 10.5 Å². The van der Waals surface area contributed by atoms with Crippen molar-refractivity contribution >= 4 is 10.8 Å². The van der Waals surface area contributed by atoms with Gasteiger partial charge < -0.3 is 5.11 Å². The molecule has 0 spiro atoms. The van der Waals surface area contributed by atoms with Crippen LogP contribution in [0.25, 0.3) is 0 Å². The maximum Gasteiger partial charge on any atom is 0.418 e. The molecule has 6 heteroatoms. The minimum atomic E-state index is -4.83. The molecule has 0 fully saturated rings. The van der Waals surface area contributed by atoms with Gasteiger partial charge in [0.05, 0.1) is 15.7 Å². The van der Waals surface area contributed by atoms with Gasteiger partial charge in [0.1, 0.15) is 0 Å². The topological polar surface area (TPSA) is 37.3 Å². The summed E-state index contributed by atoms with van der Waals surface area (Å²) in [5, 5.41) is 9.85. The number of aliphatic hydroxyl groups is 1. The van der Waals surface area contributed by atoms with Gasteiger partial charge in [0.25, 0.3) is 0 Å². The molecule has 0 aliphatic rings. The summed E-state index contributed by atoms with van der Waals surface area (Å²) in [4.78, 5) is 0.555. The lowest BCUT2D eigenvalue weighted by molar-refractivity contribution is -0.207. The van der Waals surface area contributed by atoms with Crippen LogP contribution < -0.4 is 0 Å². The van der Waals surface area contributed by atoms with Crippen LogP contribution in [-0.2, 0) is 10.8 Å². The fourth-order valence-electron chi connectivity index (χ4n) is 3.27. The van der Waals surface area contributed by atoms with Crippen molar-refractivity contribution in [2.45, 2.75) is 81.4 Å². The van der Waals surface area contributed by atoms with E-state index in [1.165, 1.54) is 18.2 Å². The average molecular weight is 427 g/mol. The average Bonchev–Trinajstić information content (AvgIpc) is 2.64. The lowest BCUT2D eigenvalue weighted by atomic mass is 9.89. The van der Waals surface area contributed by atoms with E-state index >= 15 is 0 Å². The van der Waals surface area contributed by atoms with E-state index in [4.69, 9.17) is 0 Å². The molecule has 0 saturated heterocycles. The van der Waals surface area contributed by atoms with Crippen LogP contribution in [0.1, 0.15) is 87.7 Å². The van der Waals surface area contributed by atoms with Crippen molar-refractivity contribution in [2.24, 2.45) is 0 Å². The number of alkyl halides is 3. The van der Waals surface area contributed by atoms with Gasteiger partial charge in [-0.05, 0) is 40.5 Å². The molecule has 0 radical (unpaired) electrons. The monoisotopic (exact) mass is 426 g/mol. The lowest BCUT2D eigenvalue weighted by Gasteiger charge is -2.24. The molecule has 2 nitrogen and oxygen atoms in total. The number of hydrogen-bond donors (Lipinski definition) is 1. The number of benzene rings is 2. The smallest absolute Gasteiger partial charge is 0.379 e. The fourth-order valence-corrected chi connectivity index (χ4v) is 5.10. The third-order valence-corrected chi connectivity index (χ3v) is 6.60. The van der Waals surface area contributed by atoms with E-state index in [2.05, 4.69) is 13.8 Å². The molecule has 0 heterocycles. The van der Waals surface area contributed by atoms with Crippen LogP contribution in [0.15, 0.2) is 46.2 Å². The van der Waals surface area contributed by atoms with E-state index in [-0.39, 0.29) is 28.2 Å². The van der Waals surface area contributed by atoms with Gasteiger partial charge in [0.15, 0.2) is 6.10 Å². The van der Waals surface area contributed by atoms with E-state index in [0.29, 0.717) is 4.90 Å². The van der Waals surface area contributed by atoms with Crippen molar-refractivity contribution in [3.05, 3.63) is 58.7 Å². The van der Waals surface area contributed by atoms with Crippen molar-refractivity contribution in [1.82, 2.24) is 0 Å². The zero-order chi connectivity index (χ0) is 22.1. The first-order chi connectivity index (χ1) is 13.4. The summed E-state index contributed by atoms with van der Waals surface area (Å²) in [6.45, 7) is 12.1. The molecule has 160 valence electrons. The molecule has 0 aliphatic heterocycles. The Bertz CT molecular complexity index is 857. The number of halogens is 3. The second-order valence-electron chi connectivity index (χ2n) is 8.24. The van der Waals surface area contributed by atoms with Gasteiger partial charge in [-0.1, -0.05) is 71.9 Å². The van der Waals surface area contributed by atoms with E-state index in [0.717, 1.165) is 16.7 Å². The molecule has 1 unspecified atom stereocenters. The standard InChI is InChI=1S/C23H29F3O2S/c1-13(2)16-11-18(14(3)4)21(19(12-16)15(5)6)29(28)20-10-8-7-9-17(20)22(27)23(24,25)26/h7-15,22,27H,1-6H3/t22-,29?/m0/s1. The first kappa shape index (κ1) is 23.6. The third kappa shape index (κ3) is 5.10. The molecule has 2 atom stereocenters. The Morgan fingerprint density at radius 2 is 1.31 bits per heavy atom. The van der Waals surface area contributed by atoms with Crippen molar-refractivity contribution in [3.63, 3.8) is 0 Å². The first-order valence-corrected chi connectivity index (χ1v) is 10.9. The highest BCUT2D eigenvalue weighted by molar-refractivity contribution is 7.85. The van der Waals surface area contributed by atoms with Crippen LogP contribution in [0.3, 0.4) is 0 Å². The third-order valence-electron chi connectivity index (χ3n) is 4.99. The highest BCUT2D eigenvalue weighted by Gasteiger charge is 2.41. The number of aliphatic hydroxyl groups excluding tert-OH is 1. The Balaban J connectivity index is 2.77. The van der Waals surface area contributed by atoms with Crippen LogP contribution in [0, 0.1) is 0 Å². The maximum absolute atomic E-state index is 13.7. The summed E-state index contributed by atoms with van der Waals surface area (Å²) < 4.78 is 53.2. The summed E-state index contributed by atoms with van der Waals surface area (Å²) in [6, 6.07) is 9.59. The van der Waals surface area contributed by atoms with Crippen LogP contribution in [0.5, 0.6) is 0 Å². The van der Waals surface area contributed by atoms with E-state index in [9.17, 15) is 22.5 Å². The zero-order valence-electron chi connectivity index (χ0n) is 17.7. The molecule has 0 saturated carbocycles. The Morgan fingerprint density at radius 1 is 0.828 bits per heavy atom. The SMILES string of the molecule is CC(C)c1cc(C(C)C)c(S(=O)c2ccccc2[C@H](O)C(F)(F)F)c(C(C)C)c1. The van der Waals surface area contributed by atoms with Gasteiger partial charge >= 0.3 is 6.18 Å². The Kier molecular flexibility index (Phi) is 7.33. The molecule has 2 aromatic carbocycles. The van der Waals surface area contributed by atoms with Crippen LogP contribution in [0.2, 0.25) is 0 Å². The lowest BCUT2D eigenvalue weighted by Crippen LogP contribution is -2.22. The molecule has 1 N–H and O–H groups in total. The molecule has 0 aromatic heterocycles. The molecule has 2 aromatic rings. The maximum atomic E-state index is 13.7. The fraction of sp³-hybridized carbons (Fsp3) is 0.478. The van der Waals surface area contributed by atoms with Crippen molar-refractivity contribution < 1.29 is 22.5 Å². The Hall–Kier alpha value is -1.66. The van der Waals surface area contributed by atoms with Gasteiger partial charge in [-0.2, -0.15) is 13.2 Å². The predicted octanol–water partition coefficient (Wildman–Crippen LogP) is 6.82. The first-order valence-electron chi connectivity index (χ1n) is 9.79. The summed E-state index contributed by atoms with van der Waals surface area (Å²) in [6.07, 6.45) is -7.51.